The number of hydrogen-bond donors (Lipinski definition) is 0. The molecule has 2 aromatic rings. The number of ether oxygens (including phenoxy) is 1. The zero-order chi connectivity index (χ0) is 10.7. The van der Waals surface area contributed by atoms with Crippen molar-refractivity contribution < 1.29 is 4.74 Å². The first-order chi connectivity index (χ1) is 7.36. The van der Waals surface area contributed by atoms with Gasteiger partial charge in [-0.05, 0) is 12.1 Å². The van der Waals surface area contributed by atoms with Crippen LogP contribution in [0.2, 0.25) is 0 Å². The first-order valence-electron chi connectivity index (χ1n) is 4.30. The Morgan fingerprint density at radius 3 is 2.93 bits per heavy atom. The molecule has 1 aromatic carbocycles. The van der Waals surface area contributed by atoms with Crippen LogP contribution in [-0.2, 0) is 0 Å². The lowest BCUT2D eigenvalue weighted by Crippen LogP contribution is -2.01. The van der Waals surface area contributed by atoms with E-state index in [1.54, 1.807) is 37.7 Å². The Morgan fingerprint density at radius 2 is 2.33 bits per heavy atom. The van der Waals surface area contributed by atoms with Crippen LogP contribution in [0.1, 0.15) is 5.56 Å². The molecule has 1 aromatic heterocycles. The third-order valence-corrected chi connectivity index (χ3v) is 1.99. The summed E-state index contributed by atoms with van der Waals surface area (Å²) in [5.74, 6) is 0.597. The van der Waals surface area contributed by atoms with Crippen LogP contribution in [0.5, 0.6) is 5.75 Å². The zero-order valence-electron chi connectivity index (χ0n) is 8.08. The lowest BCUT2D eigenvalue weighted by Gasteiger charge is -2.08. The van der Waals surface area contributed by atoms with Gasteiger partial charge >= 0.3 is 0 Å². The van der Waals surface area contributed by atoms with E-state index in [0.717, 1.165) is 0 Å². The Labute approximate surface area is 86.5 Å². The van der Waals surface area contributed by atoms with Crippen LogP contribution in [-0.4, -0.2) is 22.1 Å². The number of para-hydroxylation sites is 1. The second-order valence-electron chi connectivity index (χ2n) is 2.82. The molecular formula is C10H8N4O. The monoisotopic (exact) mass is 200 g/mol. The van der Waals surface area contributed by atoms with Crippen LogP contribution < -0.4 is 4.74 Å². The minimum atomic E-state index is 0.500. The van der Waals surface area contributed by atoms with E-state index in [-0.39, 0.29) is 0 Å². The van der Waals surface area contributed by atoms with Crippen molar-refractivity contribution in [3.63, 3.8) is 0 Å². The molecule has 0 atom stereocenters. The fraction of sp³-hybridized carbons (Fsp3) is 0.100. The Morgan fingerprint density at radius 1 is 1.47 bits per heavy atom. The number of aromatic nitrogens is 3. The van der Waals surface area contributed by atoms with E-state index in [4.69, 9.17) is 10.00 Å². The van der Waals surface area contributed by atoms with Gasteiger partial charge in [-0.3, -0.25) is 0 Å². The highest BCUT2D eigenvalue weighted by Gasteiger charge is 2.10. The summed E-state index contributed by atoms with van der Waals surface area (Å²) in [7, 11) is 1.55. The highest BCUT2D eigenvalue weighted by molar-refractivity contribution is 5.57. The van der Waals surface area contributed by atoms with Crippen molar-refractivity contribution in [2.24, 2.45) is 0 Å². The first kappa shape index (κ1) is 9.21. The maximum atomic E-state index is 8.97. The van der Waals surface area contributed by atoms with Crippen molar-refractivity contribution in [1.82, 2.24) is 15.0 Å². The molecule has 0 bridgehead atoms. The van der Waals surface area contributed by atoms with E-state index in [9.17, 15) is 0 Å². The van der Waals surface area contributed by atoms with Gasteiger partial charge in [0.25, 0.3) is 0 Å². The highest BCUT2D eigenvalue weighted by Crippen LogP contribution is 2.24. The summed E-state index contributed by atoms with van der Waals surface area (Å²) >= 11 is 0. The third-order valence-electron chi connectivity index (χ3n) is 1.99. The number of nitriles is 1. The molecule has 5 heteroatoms. The van der Waals surface area contributed by atoms with E-state index < -0.39 is 0 Å². The van der Waals surface area contributed by atoms with E-state index in [2.05, 4.69) is 16.4 Å². The van der Waals surface area contributed by atoms with Crippen molar-refractivity contribution >= 4 is 0 Å². The first-order valence-corrected chi connectivity index (χ1v) is 4.30. The average molecular weight is 200 g/mol. The van der Waals surface area contributed by atoms with Gasteiger partial charge in [-0.25, -0.2) is 4.68 Å². The molecule has 0 aliphatic carbocycles. The van der Waals surface area contributed by atoms with Crippen LogP contribution in [0.25, 0.3) is 5.69 Å². The fourth-order valence-corrected chi connectivity index (χ4v) is 1.34. The van der Waals surface area contributed by atoms with E-state index >= 15 is 0 Å². The normalized spacial score (nSPS) is 9.60. The molecule has 0 fully saturated rings. The van der Waals surface area contributed by atoms with Crippen molar-refractivity contribution in [3.8, 4) is 17.5 Å². The van der Waals surface area contributed by atoms with Crippen molar-refractivity contribution in [2.75, 3.05) is 7.11 Å². The third kappa shape index (κ3) is 1.53. The molecule has 0 spiro atoms. The summed E-state index contributed by atoms with van der Waals surface area (Å²) in [6.45, 7) is 0. The van der Waals surface area contributed by atoms with Gasteiger partial charge in [0.2, 0.25) is 0 Å². The number of nitrogens with zero attached hydrogens (tertiary/aromatic N) is 4. The molecule has 0 unspecified atom stereocenters. The second-order valence-corrected chi connectivity index (χ2v) is 2.82. The number of hydrogen-bond acceptors (Lipinski definition) is 4. The number of benzene rings is 1. The summed E-state index contributed by atoms with van der Waals surface area (Å²) in [5.41, 5.74) is 1.11. The van der Waals surface area contributed by atoms with Gasteiger partial charge in [-0.15, -0.1) is 5.10 Å². The second kappa shape index (κ2) is 3.80. The maximum absolute atomic E-state index is 8.97. The predicted molar refractivity (Wildman–Crippen MR) is 52.6 cm³/mol. The molecule has 0 radical (unpaired) electrons. The van der Waals surface area contributed by atoms with E-state index in [0.29, 0.717) is 17.0 Å². The van der Waals surface area contributed by atoms with Gasteiger partial charge in [0.15, 0.2) is 0 Å². The minimum absolute atomic E-state index is 0.500. The van der Waals surface area contributed by atoms with Gasteiger partial charge in [-0.2, -0.15) is 5.26 Å². The highest BCUT2D eigenvalue weighted by atomic mass is 16.5. The predicted octanol–water partition coefficient (Wildman–Crippen LogP) is 1.15. The molecule has 74 valence electrons. The van der Waals surface area contributed by atoms with E-state index in [1.165, 1.54) is 4.68 Å². The van der Waals surface area contributed by atoms with Gasteiger partial charge in [0, 0.05) is 0 Å². The van der Waals surface area contributed by atoms with Gasteiger partial charge in [-0.1, -0.05) is 11.3 Å². The topological polar surface area (TPSA) is 63.7 Å². The van der Waals surface area contributed by atoms with Crippen LogP contribution in [0.15, 0.2) is 30.6 Å². The lowest BCUT2D eigenvalue weighted by molar-refractivity contribution is 0.411. The summed E-state index contributed by atoms with van der Waals surface area (Å²) in [4.78, 5) is 0. The smallest absolute Gasteiger partial charge is 0.145 e. The maximum Gasteiger partial charge on any atom is 0.145 e. The largest absolute Gasteiger partial charge is 0.494 e. The summed E-state index contributed by atoms with van der Waals surface area (Å²) in [5, 5.41) is 16.5. The molecule has 0 saturated heterocycles. The summed E-state index contributed by atoms with van der Waals surface area (Å²) in [6, 6.07) is 7.34. The molecule has 1 heterocycles. The van der Waals surface area contributed by atoms with Gasteiger partial charge < -0.3 is 4.74 Å². The standard InChI is InChI=1S/C10H8N4O/c1-15-9-4-2-3-8(7-11)10(9)14-6-5-12-13-14/h2-6H,1H3. The Hall–Kier alpha value is -2.35. The molecular weight excluding hydrogens is 192 g/mol. The molecule has 0 N–H and O–H groups in total. The SMILES string of the molecule is COc1cccc(C#N)c1-n1ccnn1. The summed E-state index contributed by atoms with van der Waals surface area (Å²) < 4.78 is 6.68. The number of rotatable bonds is 2. The van der Waals surface area contributed by atoms with Crippen LogP contribution >= 0.6 is 0 Å². The Kier molecular flexibility index (Phi) is 2.33. The van der Waals surface area contributed by atoms with Crippen LogP contribution in [0.3, 0.4) is 0 Å². The molecule has 0 amide bonds. The molecule has 0 saturated carbocycles. The summed E-state index contributed by atoms with van der Waals surface area (Å²) in [6.07, 6.45) is 3.21. The molecule has 0 aliphatic heterocycles. The molecule has 15 heavy (non-hydrogen) atoms. The van der Waals surface area contributed by atoms with Gasteiger partial charge in [0.1, 0.15) is 17.5 Å². The quantitative estimate of drug-likeness (QED) is 0.729. The Bertz CT molecular complexity index is 499. The minimum Gasteiger partial charge on any atom is -0.494 e. The molecule has 2 rings (SSSR count). The van der Waals surface area contributed by atoms with Gasteiger partial charge in [0.05, 0.1) is 25.1 Å². The van der Waals surface area contributed by atoms with Crippen LogP contribution in [0, 0.1) is 11.3 Å². The average Bonchev–Trinajstić information content (AvgIpc) is 2.81. The molecule has 0 aliphatic rings. The number of methoxy groups -OCH3 is 1. The van der Waals surface area contributed by atoms with Crippen molar-refractivity contribution in [1.29, 1.82) is 5.26 Å². The lowest BCUT2D eigenvalue weighted by atomic mass is 10.2. The molecule has 5 nitrogen and oxygen atoms in total. The van der Waals surface area contributed by atoms with Crippen LogP contribution in [0.4, 0.5) is 0 Å². The fourth-order valence-electron chi connectivity index (χ4n) is 1.34. The van der Waals surface area contributed by atoms with Crippen molar-refractivity contribution in [2.45, 2.75) is 0 Å². The zero-order valence-corrected chi connectivity index (χ0v) is 8.08. The van der Waals surface area contributed by atoms with E-state index in [1.807, 2.05) is 0 Å². The Balaban J connectivity index is 2.67. The van der Waals surface area contributed by atoms with Crippen molar-refractivity contribution in [3.05, 3.63) is 36.2 Å².